The lowest BCUT2D eigenvalue weighted by atomic mass is 10.4. The van der Waals surface area contributed by atoms with Gasteiger partial charge in [0.05, 0.1) is 5.70 Å². The minimum absolute atomic E-state index is 0.0174. The second-order valence-corrected chi connectivity index (χ2v) is 2.23. The topological polar surface area (TPSA) is 32.3 Å². The second kappa shape index (κ2) is 2.77. The Morgan fingerprint density at radius 1 is 1.78 bits per heavy atom. The van der Waals surface area contributed by atoms with Crippen molar-refractivity contribution in [2.24, 2.45) is 0 Å². The maximum Gasteiger partial charge on any atom is 0.138 e. The highest BCUT2D eigenvalue weighted by molar-refractivity contribution is 8.00. The Hall–Kier alpha value is -0.640. The lowest BCUT2D eigenvalue weighted by Crippen LogP contribution is -2.09. The lowest BCUT2D eigenvalue weighted by molar-refractivity contribution is 0.408. The van der Waals surface area contributed by atoms with Crippen molar-refractivity contribution >= 4 is 11.9 Å². The molecule has 0 amide bonds. The molecule has 1 rings (SSSR count). The summed E-state index contributed by atoms with van der Waals surface area (Å²) in [7, 11) is 0. The van der Waals surface area contributed by atoms with E-state index in [-0.39, 0.29) is 11.5 Å². The first-order chi connectivity index (χ1) is 4.34. The molecule has 50 valence electrons. The molecule has 0 bridgehead atoms. The highest BCUT2D eigenvalue weighted by Gasteiger charge is 2.04. The first-order valence-corrected chi connectivity index (χ1v) is 3.29. The van der Waals surface area contributed by atoms with Crippen molar-refractivity contribution < 1.29 is 9.50 Å². The molecule has 4 heteroatoms. The molecule has 0 saturated carbocycles. The molecular weight excluding hydrogens is 141 g/mol. The highest BCUT2D eigenvalue weighted by atomic mass is 32.2. The third-order valence-corrected chi connectivity index (χ3v) is 1.56. The van der Waals surface area contributed by atoms with Gasteiger partial charge in [-0.15, -0.1) is 0 Å². The fourth-order valence-electron chi connectivity index (χ4n) is 0.452. The molecule has 2 N–H and O–H groups in total. The van der Waals surface area contributed by atoms with Crippen molar-refractivity contribution in [1.29, 1.82) is 0 Å². The molecular formula is C5H6FNOS. The van der Waals surface area contributed by atoms with Crippen LogP contribution in [0.1, 0.15) is 0 Å². The SMILES string of the molecule is OC1=C(CF)NSC=C1. The van der Waals surface area contributed by atoms with Gasteiger partial charge in [-0.05, 0) is 23.4 Å². The zero-order chi connectivity index (χ0) is 6.69. The van der Waals surface area contributed by atoms with E-state index in [1.807, 2.05) is 0 Å². The van der Waals surface area contributed by atoms with Gasteiger partial charge in [0, 0.05) is 0 Å². The van der Waals surface area contributed by atoms with Crippen LogP contribution in [0, 0.1) is 0 Å². The molecule has 0 spiro atoms. The first-order valence-electron chi connectivity index (χ1n) is 2.41. The first kappa shape index (κ1) is 6.48. The van der Waals surface area contributed by atoms with Crippen LogP contribution in [0.5, 0.6) is 0 Å². The van der Waals surface area contributed by atoms with Gasteiger partial charge in [-0.1, -0.05) is 0 Å². The van der Waals surface area contributed by atoms with Gasteiger partial charge in [0.2, 0.25) is 0 Å². The van der Waals surface area contributed by atoms with E-state index in [0.717, 1.165) is 0 Å². The largest absolute Gasteiger partial charge is 0.506 e. The van der Waals surface area contributed by atoms with Crippen LogP contribution in [0.4, 0.5) is 4.39 Å². The molecule has 0 aromatic heterocycles. The molecule has 0 aromatic rings. The van der Waals surface area contributed by atoms with Crippen LogP contribution in [-0.4, -0.2) is 11.8 Å². The van der Waals surface area contributed by atoms with Gasteiger partial charge in [-0.3, -0.25) is 0 Å². The van der Waals surface area contributed by atoms with Crippen molar-refractivity contribution in [2.75, 3.05) is 6.67 Å². The van der Waals surface area contributed by atoms with E-state index in [1.54, 1.807) is 5.41 Å². The van der Waals surface area contributed by atoms with Crippen molar-refractivity contribution in [3.63, 3.8) is 0 Å². The maximum atomic E-state index is 11.8. The van der Waals surface area contributed by atoms with E-state index < -0.39 is 6.67 Å². The van der Waals surface area contributed by atoms with E-state index in [2.05, 4.69) is 4.72 Å². The fourth-order valence-corrected chi connectivity index (χ4v) is 1.02. The van der Waals surface area contributed by atoms with Gasteiger partial charge in [-0.2, -0.15) is 0 Å². The van der Waals surface area contributed by atoms with Crippen molar-refractivity contribution in [1.82, 2.24) is 4.72 Å². The Balaban J connectivity index is 2.72. The number of allylic oxidation sites excluding steroid dienone is 2. The molecule has 1 aliphatic rings. The second-order valence-electron chi connectivity index (χ2n) is 1.52. The van der Waals surface area contributed by atoms with Crippen molar-refractivity contribution in [2.45, 2.75) is 0 Å². The highest BCUT2D eigenvalue weighted by Crippen LogP contribution is 2.13. The lowest BCUT2D eigenvalue weighted by Gasteiger charge is -2.08. The van der Waals surface area contributed by atoms with Crippen LogP contribution in [0.3, 0.4) is 0 Å². The van der Waals surface area contributed by atoms with E-state index in [0.29, 0.717) is 0 Å². The van der Waals surface area contributed by atoms with E-state index in [9.17, 15) is 4.39 Å². The summed E-state index contributed by atoms with van der Waals surface area (Å²) in [5.74, 6) is -0.0174. The predicted molar refractivity (Wildman–Crippen MR) is 35.5 cm³/mol. The Bertz CT molecular complexity index is 166. The van der Waals surface area contributed by atoms with Crippen LogP contribution in [0.2, 0.25) is 0 Å². The summed E-state index contributed by atoms with van der Waals surface area (Å²) in [6.45, 7) is -0.650. The summed E-state index contributed by atoms with van der Waals surface area (Å²) < 4.78 is 14.4. The Labute approximate surface area is 56.6 Å². The standard InChI is InChI=1S/C5H6FNOS/c6-3-4-5(8)1-2-9-7-4/h1-2,7-8H,3H2. The van der Waals surface area contributed by atoms with E-state index >= 15 is 0 Å². The molecule has 0 fully saturated rings. The average molecular weight is 147 g/mol. The number of hydrogen-bond acceptors (Lipinski definition) is 3. The third kappa shape index (κ3) is 1.38. The van der Waals surface area contributed by atoms with Crippen LogP contribution in [0.15, 0.2) is 22.9 Å². The maximum absolute atomic E-state index is 11.8. The molecule has 1 aliphatic heterocycles. The number of halogens is 1. The zero-order valence-electron chi connectivity index (χ0n) is 4.60. The van der Waals surface area contributed by atoms with Crippen LogP contribution >= 0.6 is 11.9 Å². The molecule has 1 heterocycles. The van der Waals surface area contributed by atoms with Gasteiger partial charge in [0.1, 0.15) is 12.4 Å². The van der Waals surface area contributed by atoms with Gasteiger partial charge in [-0.25, -0.2) is 4.39 Å². The molecule has 2 nitrogen and oxygen atoms in total. The van der Waals surface area contributed by atoms with Gasteiger partial charge >= 0.3 is 0 Å². The third-order valence-electron chi connectivity index (χ3n) is 0.919. The number of hydrogen-bond donors (Lipinski definition) is 2. The molecule has 9 heavy (non-hydrogen) atoms. The number of alkyl halides is 1. The van der Waals surface area contributed by atoms with E-state index in [4.69, 9.17) is 5.11 Å². The molecule has 0 radical (unpaired) electrons. The smallest absolute Gasteiger partial charge is 0.138 e. The van der Waals surface area contributed by atoms with Crippen LogP contribution in [0.25, 0.3) is 0 Å². The van der Waals surface area contributed by atoms with Crippen LogP contribution < -0.4 is 4.72 Å². The van der Waals surface area contributed by atoms with Gasteiger partial charge in [0.15, 0.2) is 0 Å². The summed E-state index contributed by atoms with van der Waals surface area (Å²) >= 11 is 1.24. The van der Waals surface area contributed by atoms with E-state index in [1.165, 1.54) is 18.0 Å². The number of rotatable bonds is 1. The predicted octanol–water partition coefficient (Wildman–Crippen LogP) is 1.49. The molecule has 0 saturated heterocycles. The summed E-state index contributed by atoms with van der Waals surface area (Å²) in [5, 5.41) is 10.5. The summed E-state index contributed by atoms with van der Waals surface area (Å²) in [5.41, 5.74) is 0.238. The average Bonchev–Trinajstić information content (AvgIpc) is 1.89. The normalized spacial score (nSPS) is 17.9. The summed E-state index contributed by atoms with van der Waals surface area (Å²) in [6, 6.07) is 0. The summed E-state index contributed by atoms with van der Waals surface area (Å²) in [4.78, 5) is 0. The van der Waals surface area contributed by atoms with Crippen molar-refractivity contribution in [3.8, 4) is 0 Å². The molecule has 0 unspecified atom stereocenters. The number of aliphatic hydroxyl groups excluding tert-OH is 1. The van der Waals surface area contributed by atoms with Crippen LogP contribution in [-0.2, 0) is 0 Å². The Morgan fingerprint density at radius 3 is 3.00 bits per heavy atom. The number of aliphatic hydroxyl groups is 1. The molecule has 0 aromatic carbocycles. The fraction of sp³-hybridized carbons (Fsp3) is 0.200. The minimum atomic E-state index is -0.650. The Morgan fingerprint density at radius 2 is 2.56 bits per heavy atom. The number of nitrogens with one attached hydrogen (secondary N) is 1. The molecule has 0 atom stereocenters. The summed E-state index contributed by atoms with van der Waals surface area (Å²) in [6.07, 6.45) is 1.45. The molecule has 0 aliphatic carbocycles. The zero-order valence-corrected chi connectivity index (χ0v) is 5.41. The van der Waals surface area contributed by atoms with Gasteiger partial charge < -0.3 is 9.83 Å². The quantitative estimate of drug-likeness (QED) is 0.551. The Kier molecular flexibility index (Phi) is 2.00. The van der Waals surface area contributed by atoms with Crippen molar-refractivity contribution in [3.05, 3.63) is 22.9 Å². The minimum Gasteiger partial charge on any atom is -0.506 e. The monoisotopic (exact) mass is 147 g/mol. The van der Waals surface area contributed by atoms with Gasteiger partial charge in [0.25, 0.3) is 0 Å².